The van der Waals surface area contributed by atoms with Crippen molar-refractivity contribution >= 4 is 11.8 Å². The third-order valence-electron chi connectivity index (χ3n) is 3.11. The van der Waals surface area contributed by atoms with E-state index in [4.69, 9.17) is 4.52 Å². The van der Waals surface area contributed by atoms with Gasteiger partial charge in [0.25, 0.3) is 5.91 Å². The lowest BCUT2D eigenvalue weighted by Gasteiger charge is -2.08. The van der Waals surface area contributed by atoms with Gasteiger partial charge in [-0.15, -0.1) is 10.2 Å². The second-order valence-corrected chi connectivity index (χ2v) is 4.94. The number of carbonyl (C=O) groups excluding carboxylic acids is 1. The van der Waals surface area contributed by atoms with Crippen molar-refractivity contribution in [2.75, 3.05) is 5.32 Å². The lowest BCUT2D eigenvalue weighted by Crippen LogP contribution is -2.25. The maximum atomic E-state index is 13.2. The molecule has 0 aliphatic carbocycles. The molecule has 118 valence electrons. The number of carbonyl (C=O) groups is 1. The summed E-state index contributed by atoms with van der Waals surface area (Å²) in [6, 6.07) is 6.69. The minimum atomic E-state index is -0.727. The van der Waals surface area contributed by atoms with E-state index < -0.39 is 11.9 Å². The summed E-state index contributed by atoms with van der Waals surface area (Å²) in [6.07, 6.45) is 0. The van der Waals surface area contributed by atoms with Crippen LogP contribution >= 0.6 is 0 Å². The van der Waals surface area contributed by atoms with Gasteiger partial charge in [-0.3, -0.25) is 10.1 Å². The summed E-state index contributed by atoms with van der Waals surface area (Å²) >= 11 is 0. The van der Waals surface area contributed by atoms with Gasteiger partial charge in [-0.25, -0.2) is 4.39 Å². The highest BCUT2D eigenvalue weighted by Gasteiger charge is 2.20. The smallest absolute Gasteiger partial charge is 0.253 e. The minimum Gasteiger partial charge on any atom is -0.338 e. The number of aryl methyl sites for hydroxylation is 1. The number of nitrogens with one attached hydrogen (secondary N) is 1. The molecule has 23 heavy (non-hydrogen) atoms. The molecule has 1 N–H and O–H groups in total. The molecule has 0 radical (unpaired) electrons. The molecular weight excluding hydrogens is 303 g/mol. The van der Waals surface area contributed by atoms with Gasteiger partial charge in [0.05, 0.1) is 5.69 Å². The van der Waals surface area contributed by atoms with Crippen LogP contribution in [0, 0.1) is 12.7 Å². The van der Waals surface area contributed by atoms with Gasteiger partial charge >= 0.3 is 0 Å². The molecule has 3 rings (SSSR count). The average molecular weight is 316 g/mol. The molecule has 9 heteroatoms. The first-order valence-electron chi connectivity index (χ1n) is 6.82. The summed E-state index contributed by atoms with van der Waals surface area (Å²) in [5.41, 5.74) is 1.13. The number of halogens is 1. The number of anilines is 1. The van der Waals surface area contributed by atoms with E-state index in [1.165, 1.54) is 12.1 Å². The predicted octanol–water partition coefficient (Wildman–Crippen LogP) is 1.98. The Morgan fingerprint density at radius 3 is 2.91 bits per heavy atom. The number of amides is 1. The number of aromatic nitrogens is 5. The van der Waals surface area contributed by atoms with Crippen LogP contribution in [0.2, 0.25) is 0 Å². The molecule has 0 aliphatic rings. The zero-order chi connectivity index (χ0) is 16.4. The Hall–Kier alpha value is -3.10. The van der Waals surface area contributed by atoms with E-state index in [9.17, 15) is 9.18 Å². The molecule has 1 aromatic carbocycles. The van der Waals surface area contributed by atoms with E-state index in [0.29, 0.717) is 11.3 Å². The van der Waals surface area contributed by atoms with Crippen molar-refractivity contribution in [2.24, 2.45) is 0 Å². The molecule has 8 nitrogen and oxygen atoms in total. The zero-order valence-electron chi connectivity index (χ0n) is 12.4. The Labute approximate surface area is 130 Å². The standard InChI is InChI=1S/C14H13FN6O2/c1-8-6-12(23-19-8)16-14(22)9(2)21-18-13(17-20-21)10-4-3-5-11(15)7-10/h3-7,9H,1-2H3,(H,16,22). The molecule has 0 spiro atoms. The largest absolute Gasteiger partial charge is 0.338 e. The monoisotopic (exact) mass is 316 g/mol. The Bertz CT molecular complexity index is 843. The van der Waals surface area contributed by atoms with Gasteiger partial charge in [0.2, 0.25) is 11.7 Å². The van der Waals surface area contributed by atoms with Crippen molar-refractivity contribution in [3.8, 4) is 11.4 Å². The molecule has 0 aliphatic heterocycles. The molecule has 3 aromatic rings. The van der Waals surface area contributed by atoms with Crippen molar-refractivity contribution in [1.29, 1.82) is 0 Å². The fourth-order valence-electron chi connectivity index (χ4n) is 1.89. The van der Waals surface area contributed by atoms with Crippen molar-refractivity contribution in [3.05, 3.63) is 41.8 Å². The van der Waals surface area contributed by atoms with E-state index in [2.05, 4.69) is 25.9 Å². The molecule has 0 saturated carbocycles. The van der Waals surface area contributed by atoms with Gasteiger partial charge in [0.15, 0.2) is 0 Å². The van der Waals surface area contributed by atoms with Gasteiger partial charge in [-0.2, -0.15) is 4.80 Å². The van der Waals surface area contributed by atoms with Gasteiger partial charge in [0.1, 0.15) is 11.9 Å². The maximum absolute atomic E-state index is 13.2. The van der Waals surface area contributed by atoms with Gasteiger partial charge < -0.3 is 4.52 Å². The van der Waals surface area contributed by atoms with E-state index in [1.54, 1.807) is 32.0 Å². The van der Waals surface area contributed by atoms with Crippen LogP contribution in [0.15, 0.2) is 34.9 Å². The summed E-state index contributed by atoms with van der Waals surface area (Å²) in [7, 11) is 0. The molecule has 2 aromatic heterocycles. The second kappa shape index (κ2) is 5.95. The molecule has 0 saturated heterocycles. The number of benzene rings is 1. The van der Waals surface area contributed by atoms with Crippen molar-refractivity contribution in [2.45, 2.75) is 19.9 Å². The number of hydrogen-bond donors (Lipinski definition) is 1. The predicted molar refractivity (Wildman–Crippen MR) is 77.8 cm³/mol. The van der Waals surface area contributed by atoms with E-state index in [1.807, 2.05) is 0 Å². The van der Waals surface area contributed by atoms with Crippen LogP contribution in [-0.4, -0.2) is 31.3 Å². The summed E-state index contributed by atoms with van der Waals surface area (Å²) in [6.45, 7) is 3.35. The minimum absolute atomic E-state index is 0.236. The molecule has 1 unspecified atom stereocenters. The second-order valence-electron chi connectivity index (χ2n) is 4.94. The fourth-order valence-corrected chi connectivity index (χ4v) is 1.89. The van der Waals surface area contributed by atoms with Crippen LogP contribution < -0.4 is 5.32 Å². The summed E-state index contributed by atoms with van der Waals surface area (Å²) in [5, 5.41) is 18.0. The van der Waals surface area contributed by atoms with Gasteiger partial charge in [-0.1, -0.05) is 17.3 Å². The van der Waals surface area contributed by atoms with Crippen molar-refractivity contribution in [1.82, 2.24) is 25.4 Å². The third kappa shape index (κ3) is 3.23. The first-order valence-corrected chi connectivity index (χ1v) is 6.82. The van der Waals surface area contributed by atoms with Crippen LogP contribution in [0.3, 0.4) is 0 Å². The maximum Gasteiger partial charge on any atom is 0.253 e. The molecule has 0 bridgehead atoms. The quantitative estimate of drug-likeness (QED) is 0.790. The molecule has 2 heterocycles. The number of hydrogen-bond acceptors (Lipinski definition) is 6. The molecule has 0 fully saturated rings. The Kier molecular flexibility index (Phi) is 3.83. The highest BCUT2D eigenvalue weighted by Crippen LogP contribution is 2.16. The number of nitrogens with zero attached hydrogens (tertiary/aromatic N) is 5. The van der Waals surface area contributed by atoms with E-state index in [0.717, 1.165) is 4.80 Å². The zero-order valence-corrected chi connectivity index (χ0v) is 12.4. The SMILES string of the molecule is Cc1cc(NC(=O)C(C)n2nnc(-c3cccc(F)c3)n2)on1. The van der Waals surface area contributed by atoms with Crippen molar-refractivity contribution in [3.63, 3.8) is 0 Å². The van der Waals surface area contributed by atoms with Gasteiger partial charge in [-0.05, 0) is 31.2 Å². The van der Waals surface area contributed by atoms with E-state index in [-0.39, 0.29) is 17.6 Å². The normalized spacial score (nSPS) is 12.1. The topological polar surface area (TPSA) is 98.7 Å². The number of rotatable bonds is 4. The first-order chi connectivity index (χ1) is 11.0. The fraction of sp³-hybridized carbons (Fsp3) is 0.214. The highest BCUT2D eigenvalue weighted by atomic mass is 19.1. The summed E-state index contributed by atoms with van der Waals surface area (Å²) < 4.78 is 18.1. The number of tetrazole rings is 1. The Morgan fingerprint density at radius 1 is 1.39 bits per heavy atom. The lowest BCUT2D eigenvalue weighted by molar-refractivity contribution is -0.119. The first kappa shape index (κ1) is 14.8. The molecular formula is C14H13FN6O2. The van der Waals surface area contributed by atoms with E-state index >= 15 is 0 Å². The van der Waals surface area contributed by atoms with Crippen LogP contribution in [0.5, 0.6) is 0 Å². The Balaban J connectivity index is 1.75. The van der Waals surface area contributed by atoms with Crippen LogP contribution in [0.4, 0.5) is 10.3 Å². The van der Waals surface area contributed by atoms with Crippen molar-refractivity contribution < 1.29 is 13.7 Å². The third-order valence-corrected chi connectivity index (χ3v) is 3.11. The Morgan fingerprint density at radius 2 is 2.22 bits per heavy atom. The lowest BCUT2D eigenvalue weighted by atomic mass is 10.2. The average Bonchev–Trinajstić information content (AvgIpc) is 3.16. The van der Waals surface area contributed by atoms with Crippen LogP contribution in [0.1, 0.15) is 18.7 Å². The summed E-state index contributed by atoms with van der Waals surface area (Å²) in [5.74, 6) is -0.306. The summed E-state index contributed by atoms with van der Waals surface area (Å²) in [4.78, 5) is 13.3. The van der Waals surface area contributed by atoms with Crippen LogP contribution in [0.25, 0.3) is 11.4 Å². The molecule has 1 amide bonds. The highest BCUT2D eigenvalue weighted by molar-refractivity contribution is 5.92. The molecule has 1 atom stereocenters. The van der Waals surface area contributed by atoms with Gasteiger partial charge in [0, 0.05) is 11.6 Å². The van der Waals surface area contributed by atoms with Crippen LogP contribution in [-0.2, 0) is 4.79 Å².